The van der Waals surface area contributed by atoms with E-state index in [-0.39, 0.29) is 5.54 Å². The van der Waals surface area contributed by atoms with Gasteiger partial charge in [-0.3, -0.25) is 0 Å². The SMILES string of the molecule is CCCCc1ccc(N(c2ccc(-c3ccc(N(c4ccc(CCCC)cc4C)C(C)(C)c4ccccc4)cc3)cc2)c2ccc3c(c2)c2cc(-c4ccc5c(c4)c4cc(C(C)(C)N(c6ccccc6)c6ccccc6)ccc4n5-c4ccccc4)ccc2n3-c2ccccc2)c(C)c1. The molecule has 0 radical (unpaired) electrons. The number of benzene rings is 13. The van der Waals surface area contributed by atoms with Gasteiger partial charge in [0.1, 0.15) is 0 Å². The molecule has 13 aromatic carbocycles. The number of aromatic nitrogens is 2. The molecule has 0 bridgehead atoms. The number of rotatable bonds is 21. The molecular weight excluding hydrogens is 1200 g/mol. The van der Waals surface area contributed by atoms with Crippen LogP contribution in [0.15, 0.2) is 309 Å². The van der Waals surface area contributed by atoms with Crippen LogP contribution in [0.4, 0.5) is 39.8 Å². The Morgan fingerprint density at radius 3 is 1.14 bits per heavy atom. The predicted octanol–water partition coefficient (Wildman–Crippen LogP) is 26.1. The second kappa shape index (κ2) is 27.0. The highest BCUT2D eigenvalue weighted by molar-refractivity contribution is 6.14. The summed E-state index contributed by atoms with van der Waals surface area (Å²) in [5.41, 5.74) is 26.7. The first-order chi connectivity index (χ1) is 48.4. The average molecular weight is 1290 g/mol. The van der Waals surface area contributed by atoms with Crippen LogP contribution < -0.4 is 14.7 Å². The Balaban J connectivity index is 0.840. The van der Waals surface area contributed by atoms with E-state index in [0.717, 1.165) is 87.8 Å². The lowest BCUT2D eigenvalue weighted by Crippen LogP contribution is -2.38. The van der Waals surface area contributed by atoms with E-state index in [1.165, 1.54) is 101 Å². The molecule has 5 nitrogen and oxygen atoms in total. The monoisotopic (exact) mass is 1290 g/mol. The van der Waals surface area contributed by atoms with Gasteiger partial charge in [0.2, 0.25) is 0 Å². The highest BCUT2D eigenvalue weighted by Crippen LogP contribution is 2.47. The van der Waals surface area contributed by atoms with Crippen LogP contribution >= 0.6 is 0 Å². The Kier molecular flexibility index (Phi) is 17.5. The molecule has 0 saturated heterocycles. The van der Waals surface area contributed by atoms with Crippen LogP contribution in [0, 0.1) is 13.8 Å². The normalized spacial score (nSPS) is 11.9. The molecule has 0 fully saturated rings. The van der Waals surface area contributed by atoms with Crippen molar-refractivity contribution in [2.45, 2.75) is 105 Å². The van der Waals surface area contributed by atoms with Crippen molar-refractivity contribution in [2.24, 2.45) is 0 Å². The molecular formula is C94H87N5. The first kappa shape index (κ1) is 63.9. The number of hydrogen-bond donors (Lipinski definition) is 0. The van der Waals surface area contributed by atoms with E-state index < -0.39 is 5.54 Å². The molecule has 2 heterocycles. The van der Waals surface area contributed by atoms with Gasteiger partial charge in [0.15, 0.2) is 0 Å². The highest BCUT2D eigenvalue weighted by Gasteiger charge is 2.34. The van der Waals surface area contributed by atoms with E-state index >= 15 is 0 Å². The van der Waals surface area contributed by atoms with Gasteiger partial charge in [-0.25, -0.2) is 0 Å². The maximum absolute atomic E-state index is 2.53. The van der Waals surface area contributed by atoms with Gasteiger partial charge in [-0.15, -0.1) is 0 Å². The van der Waals surface area contributed by atoms with Crippen molar-refractivity contribution in [1.29, 1.82) is 0 Å². The lowest BCUT2D eigenvalue weighted by atomic mass is 9.89. The quantitative estimate of drug-likeness (QED) is 0.0715. The van der Waals surface area contributed by atoms with Crippen LogP contribution in [0.1, 0.15) is 101 Å². The minimum Gasteiger partial charge on any atom is -0.332 e. The van der Waals surface area contributed by atoms with E-state index in [0.29, 0.717) is 0 Å². The molecule has 0 unspecified atom stereocenters. The summed E-state index contributed by atoms with van der Waals surface area (Å²) in [5.74, 6) is 0. The van der Waals surface area contributed by atoms with Crippen molar-refractivity contribution in [3.05, 3.63) is 343 Å². The summed E-state index contributed by atoms with van der Waals surface area (Å²) in [4.78, 5) is 7.48. The molecule has 99 heavy (non-hydrogen) atoms. The molecule has 0 amide bonds. The van der Waals surface area contributed by atoms with Crippen LogP contribution in [0.5, 0.6) is 0 Å². The largest absolute Gasteiger partial charge is 0.332 e. The summed E-state index contributed by atoms with van der Waals surface area (Å²) >= 11 is 0. The van der Waals surface area contributed by atoms with E-state index in [4.69, 9.17) is 0 Å². The van der Waals surface area contributed by atoms with Gasteiger partial charge in [-0.2, -0.15) is 0 Å². The molecule has 488 valence electrons. The number of fused-ring (bicyclic) bond motifs is 6. The molecule has 0 aliphatic carbocycles. The lowest BCUT2D eigenvalue weighted by molar-refractivity contribution is 0.535. The van der Waals surface area contributed by atoms with Gasteiger partial charge < -0.3 is 23.8 Å². The molecule has 0 aliphatic heterocycles. The molecule has 0 saturated carbocycles. The third kappa shape index (κ3) is 12.2. The molecule has 15 aromatic rings. The smallest absolute Gasteiger partial charge is 0.0646 e. The average Bonchev–Trinajstić information content (AvgIpc) is 1.60. The lowest BCUT2D eigenvalue weighted by Gasteiger charge is -2.42. The van der Waals surface area contributed by atoms with Crippen LogP contribution in [0.2, 0.25) is 0 Å². The van der Waals surface area contributed by atoms with Crippen molar-refractivity contribution < 1.29 is 0 Å². The van der Waals surface area contributed by atoms with Crippen molar-refractivity contribution in [2.75, 3.05) is 14.7 Å². The van der Waals surface area contributed by atoms with Gasteiger partial charge >= 0.3 is 0 Å². The molecule has 5 heteroatoms. The van der Waals surface area contributed by atoms with Gasteiger partial charge in [0.05, 0.1) is 33.1 Å². The zero-order chi connectivity index (χ0) is 67.8. The Hall–Kier alpha value is -11.1. The molecule has 2 aromatic heterocycles. The zero-order valence-corrected chi connectivity index (χ0v) is 58.4. The van der Waals surface area contributed by atoms with Crippen LogP contribution in [-0.2, 0) is 23.9 Å². The van der Waals surface area contributed by atoms with E-state index in [1.54, 1.807) is 0 Å². The Labute approximate surface area is 585 Å². The van der Waals surface area contributed by atoms with Crippen LogP contribution in [0.25, 0.3) is 77.2 Å². The summed E-state index contributed by atoms with van der Waals surface area (Å²) in [7, 11) is 0. The second-order valence-corrected chi connectivity index (χ2v) is 27.9. The molecule has 15 rings (SSSR count). The first-order valence-electron chi connectivity index (χ1n) is 35.6. The fourth-order valence-electron chi connectivity index (χ4n) is 15.5. The number of nitrogens with zero attached hydrogens (tertiary/aromatic N) is 5. The fourth-order valence-corrected chi connectivity index (χ4v) is 15.5. The second-order valence-electron chi connectivity index (χ2n) is 27.9. The van der Waals surface area contributed by atoms with E-state index in [1.807, 2.05) is 0 Å². The van der Waals surface area contributed by atoms with E-state index in [2.05, 4.69) is 389 Å². The summed E-state index contributed by atoms with van der Waals surface area (Å²) in [6.45, 7) is 18.5. The number of aryl methyl sites for hydroxylation is 4. The van der Waals surface area contributed by atoms with Crippen molar-refractivity contribution in [3.8, 4) is 33.6 Å². The Morgan fingerprint density at radius 2 is 0.667 bits per heavy atom. The molecule has 0 aliphatic rings. The summed E-state index contributed by atoms with van der Waals surface area (Å²) in [6.07, 6.45) is 6.87. The first-order valence-corrected chi connectivity index (χ1v) is 35.6. The number of unbranched alkanes of at least 4 members (excludes halogenated alkanes) is 2. The van der Waals surface area contributed by atoms with Gasteiger partial charge in [0.25, 0.3) is 0 Å². The van der Waals surface area contributed by atoms with Crippen molar-refractivity contribution in [1.82, 2.24) is 9.13 Å². The van der Waals surface area contributed by atoms with Gasteiger partial charge in [0, 0.05) is 72.7 Å². The van der Waals surface area contributed by atoms with Crippen molar-refractivity contribution >= 4 is 83.4 Å². The maximum atomic E-state index is 2.53. The minimum atomic E-state index is -0.429. The van der Waals surface area contributed by atoms with Gasteiger partial charge in [-0.05, 0) is 262 Å². The standard InChI is InChI=1S/C94H87N5/c1-9-11-28-68-40-54-87(66(3)60-68)95(78-49-42-70(43-50-78)71-44-51-81(52-45-71)99(93(5,6)74-30-18-13-19-31-74)88-55-41-69(29-12-10-2)61-67(88)4)82-53-59-92-86(65-82)84-63-73(47-57-90(84)97(92)77-34-22-15-23-35-77)72-46-56-89-83(62-72)85-64-75(48-58-91(85)96(89)76-32-20-14-21-33-76)94(7,8)98(79-36-24-16-25-37-79)80-38-26-17-27-39-80/h13-27,30-65H,9-12,28-29H2,1-8H3. The van der Waals surface area contributed by atoms with Crippen LogP contribution in [-0.4, -0.2) is 9.13 Å². The number of hydrogen-bond acceptors (Lipinski definition) is 3. The number of para-hydroxylation sites is 4. The Morgan fingerprint density at radius 1 is 0.293 bits per heavy atom. The molecule has 0 N–H and O–H groups in total. The van der Waals surface area contributed by atoms with Gasteiger partial charge in [-0.1, -0.05) is 197 Å². The topological polar surface area (TPSA) is 19.6 Å². The highest BCUT2D eigenvalue weighted by atomic mass is 15.2. The summed E-state index contributed by atoms with van der Waals surface area (Å²) in [6, 6.07) is 115. The zero-order valence-electron chi connectivity index (χ0n) is 58.4. The molecule has 0 spiro atoms. The predicted molar refractivity (Wildman–Crippen MR) is 423 cm³/mol. The van der Waals surface area contributed by atoms with Crippen LogP contribution in [0.3, 0.4) is 0 Å². The van der Waals surface area contributed by atoms with E-state index in [9.17, 15) is 0 Å². The number of anilines is 7. The fraction of sp³-hybridized carbons (Fsp3) is 0.170. The summed E-state index contributed by atoms with van der Waals surface area (Å²) in [5, 5.41) is 4.81. The minimum absolute atomic E-state index is 0.334. The Bertz CT molecular complexity index is 5300. The third-order valence-electron chi connectivity index (χ3n) is 20.7. The van der Waals surface area contributed by atoms with Crippen molar-refractivity contribution in [3.63, 3.8) is 0 Å². The molecule has 0 atom stereocenters. The maximum Gasteiger partial charge on any atom is 0.0646 e. The third-order valence-corrected chi connectivity index (χ3v) is 20.7. The summed E-state index contributed by atoms with van der Waals surface area (Å²) < 4.78 is 4.88.